The van der Waals surface area contributed by atoms with Gasteiger partial charge in [-0.05, 0) is 76.1 Å². The Labute approximate surface area is 152 Å². The average molecular weight is 351 g/mol. The Morgan fingerprint density at radius 1 is 1.04 bits per heavy atom. The second-order valence-corrected chi connectivity index (χ2v) is 6.74. The molecule has 0 aliphatic heterocycles. The molecule has 0 aliphatic carbocycles. The molecule has 142 valence electrons. The van der Waals surface area contributed by atoms with Crippen LogP contribution in [0.25, 0.3) is 0 Å². The fourth-order valence-corrected chi connectivity index (χ4v) is 3.11. The van der Waals surface area contributed by atoms with E-state index in [9.17, 15) is 15.0 Å². The van der Waals surface area contributed by atoms with Crippen molar-refractivity contribution in [2.24, 2.45) is 0 Å². The molecule has 0 bridgehead atoms. The van der Waals surface area contributed by atoms with E-state index in [-0.39, 0.29) is 12.2 Å². The molecule has 0 unspecified atom stereocenters. The molecule has 0 amide bonds. The van der Waals surface area contributed by atoms with Crippen molar-refractivity contribution in [3.05, 3.63) is 34.9 Å². The highest BCUT2D eigenvalue weighted by Gasteiger charge is 2.12. The molecule has 1 aromatic rings. The molecular formula is C20H34N2O3. The van der Waals surface area contributed by atoms with Gasteiger partial charge in [-0.15, -0.1) is 0 Å². The summed E-state index contributed by atoms with van der Waals surface area (Å²) in [5, 5.41) is 18.5. The van der Waals surface area contributed by atoms with E-state index in [1.54, 1.807) is 12.1 Å². The predicted molar refractivity (Wildman–Crippen MR) is 102 cm³/mol. The van der Waals surface area contributed by atoms with Gasteiger partial charge in [0.25, 0.3) is 0 Å². The molecule has 5 heteroatoms. The molecule has 0 radical (unpaired) electrons. The summed E-state index contributed by atoms with van der Waals surface area (Å²) in [4.78, 5) is 16.1. The number of aliphatic hydroxyl groups is 1. The van der Waals surface area contributed by atoms with Gasteiger partial charge in [0.05, 0.1) is 12.2 Å². The van der Waals surface area contributed by atoms with Crippen LogP contribution in [0.4, 0.5) is 0 Å². The summed E-state index contributed by atoms with van der Waals surface area (Å²) in [6.07, 6.45) is 4.67. The largest absolute Gasteiger partial charge is 0.478 e. The normalized spacial score (nSPS) is 11.4. The Balaban J connectivity index is 2.46. The smallest absolute Gasteiger partial charge is 0.336 e. The Morgan fingerprint density at radius 2 is 1.68 bits per heavy atom. The van der Waals surface area contributed by atoms with Crippen molar-refractivity contribution >= 4 is 5.97 Å². The number of hydrogen-bond acceptors (Lipinski definition) is 4. The van der Waals surface area contributed by atoms with Crippen LogP contribution >= 0.6 is 0 Å². The molecule has 1 aromatic carbocycles. The van der Waals surface area contributed by atoms with E-state index < -0.39 is 5.97 Å². The van der Waals surface area contributed by atoms with Crippen LogP contribution in [0.2, 0.25) is 0 Å². The number of unbranched alkanes of at least 4 members (excludes halogenated alkanes) is 1. The fraction of sp³-hybridized carbons (Fsp3) is 0.650. The van der Waals surface area contributed by atoms with E-state index in [2.05, 4.69) is 23.6 Å². The van der Waals surface area contributed by atoms with Crippen LogP contribution in [0, 0.1) is 0 Å². The third-order valence-electron chi connectivity index (χ3n) is 4.37. The Bertz CT molecular complexity index is 514. The van der Waals surface area contributed by atoms with Gasteiger partial charge in [-0.25, -0.2) is 4.79 Å². The summed E-state index contributed by atoms with van der Waals surface area (Å²) in [5.74, 6) is -0.937. The van der Waals surface area contributed by atoms with Crippen LogP contribution < -0.4 is 0 Å². The molecule has 0 aromatic heterocycles. The first-order valence-electron chi connectivity index (χ1n) is 9.38. The second kappa shape index (κ2) is 12.0. The monoisotopic (exact) mass is 350 g/mol. The first-order valence-corrected chi connectivity index (χ1v) is 9.38. The maximum Gasteiger partial charge on any atom is 0.336 e. The lowest BCUT2D eigenvalue weighted by Gasteiger charge is -2.22. The Morgan fingerprint density at radius 3 is 2.24 bits per heavy atom. The highest BCUT2D eigenvalue weighted by atomic mass is 16.4. The maximum atomic E-state index is 11.4. The SMILES string of the molecule is CCCN(CCC)CCCCN(C)Cc1ccc(CO)cc1C(=O)O. The minimum atomic E-state index is -0.937. The van der Waals surface area contributed by atoms with Gasteiger partial charge in [-0.1, -0.05) is 26.0 Å². The lowest BCUT2D eigenvalue weighted by atomic mass is 10.0. The first kappa shape index (κ1) is 21.6. The number of hydrogen-bond donors (Lipinski definition) is 2. The summed E-state index contributed by atoms with van der Waals surface area (Å²) >= 11 is 0. The third kappa shape index (κ3) is 7.99. The number of carbonyl (C=O) groups is 1. The lowest BCUT2D eigenvalue weighted by molar-refractivity contribution is 0.0694. The van der Waals surface area contributed by atoms with Crippen LogP contribution in [0.5, 0.6) is 0 Å². The molecule has 5 nitrogen and oxygen atoms in total. The van der Waals surface area contributed by atoms with Crippen LogP contribution in [0.1, 0.15) is 61.0 Å². The average Bonchev–Trinajstić information content (AvgIpc) is 2.59. The van der Waals surface area contributed by atoms with E-state index in [0.29, 0.717) is 12.1 Å². The second-order valence-electron chi connectivity index (χ2n) is 6.74. The number of aromatic carboxylic acids is 1. The quantitative estimate of drug-likeness (QED) is 0.535. The minimum Gasteiger partial charge on any atom is -0.478 e. The summed E-state index contributed by atoms with van der Waals surface area (Å²) in [6, 6.07) is 5.18. The molecular weight excluding hydrogens is 316 g/mol. The van der Waals surface area contributed by atoms with Crippen LogP contribution in [-0.4, -0.2) is 59.2 Å². The number of benzene rings is 1. The summed E-state index contributed by atoms with van der Waals surface area (Å²) in [5.41, 5.74) is 1.72. The fourth-order valence-electron chi connectivity index (χ4n) is 3.11. The predicted octanol–water partition coefficient (Wildman–Crippen LogP) is 3.21. The molecule has 0 aliphatic rings. The molecule has 0 heterocycles. The van der Waals surface area contributed by atoms with Gasteiger partial charge in [0, 0.05) is 6.54 Å². The van der Waals surface area contributed by atoms with Gasteiger partial charge in [-0.2, -0.15) is 0 Å². The van der Waals surface area contributed by atoms with Gasteiger partial charge >= 0.3 is 5.97 Å². The van der Waals surface area contributed by atoms with Crippen molar-refractivity contribution in [2.45, 2.75) is 52.7 Å². The number of rotatable bonds is 13. The maximum absolute atomic E-state index is 11.4. The summed E-state index contributed by atoms with van der Waals surface area (Å²) in [7, 11) is 2.03. The van der Waals surface area contributed by atoms with E-state index in [1.165, 1.54) is 32.4 Å². The summed E-state index contributed by atoms with van der Waals surface area (Å²) < 4.78 is 0. The van der Waals surface area contributed by atoms with E-state index in [1.807, 2.05) is 13.1 Å². The lowest BCUT2D eigenvalue weighted by Crippen LogP contribution is -2.27. The van der Waals surface area contributed by atoms with Gasteiger partial charge < -0.3 is 20.0 Å². The van der Waals surface area contributed by atoms with E-state index in [0.717, 1.165) is 25.1 Å². The van der Waals surface area contributed by atoms with Crippen molar-refractivity contribution in [2.75, 3.05) is 33.2 Å². The molecule has 0 saturated heterocycles. The number of carboxylic acid groups (broad SMARTS) is 1. The molecule has 0 spiro atoms. The Hall–Kier alpha value is -1.43. The van der Waals surface area contributed by atoms with Gasteiger partial charge in [-0.3, -0.25) is 0 Å². The van der Waals surface area contributed by atoms with Crippen molar-refractivity contribution < 1.29 is 15.0 Å². The highest BCUT2D eigenvalue weighted by Crippen LogP contribution is 2.15. The Kier molecular flexibility index (Phi) is 10.4. The van der Waals surface area contributed by atoms with Crippen molar-refractivity contribution in [1.29, 1.82) is 0 Å². The first-order chi connectivity index (χ1) is 12.0. The topological polar surface area (TPSA) is 64.0 Å². The van der Waals surface area contributed by atoms with Crippen LogP contribution in [0.3, 0.4) is 0 Å². The zero-order valence-electron chi connectivity index (χ0n) is 16.0. The molecule has 25 heavy (non-hydrogen) atoms. The van der Waals surface area contributed by atoms with Gasteiger partial charge in [0.1, 0.15) is 0 Å². The molecule has 1 rings (SSSR count). The van der Waals surface area contributed by atoms with Crippen molar-refractivity contribution in [3.63, 3.8) is 0 Å². The zero-order valence-corrected chi connectivity index (χ0v) is 16.0. The van der Waals surface area contributed by atoms with E-state index >= 15 is 0 Å². The third-order valence-corrected chi connectivity index (χ3v) is 4.37. The number of carboxylic acids is 1. The molecule has 0 saturated carbocycles. The van der Waals surface area contributed by atoms with Gasteiger partial charge in [0.15, 0.2) is 0 Å². The van der Waals surface area contributed by atoms with Crippen molar-refractivity contribution in [3.8, 4) is 0 Å². The molecule has 2 N–H and O–H groups in total. The molecule has 0 fully saturated rings. The van der Waals surface area contributed by atoms with Gasteiger partial charge in [0.2, 0.25) is 0 Å². The zero-order chi connectivity index (χ0) is 18.7. The van der Waals surface area contributed by atoms with Crippen molar-refractivity contribution in [1.82, 2.24) is 9.80 Å². The van der Waals surface area contributed by atoms with Crippen LogP contribution in [0.15, 0.2) is 18.2 Å². The van der Waals surface area contributed by atoms with Crippen LogP contribution in [-0.2, 0) is 13.2 Å². The highest BCUT2D eigenvalue weighted by molar-refractivity contribution is 5.89. The minimum absolute atomic E-state index is 0.136. The number of nitrogens with zero attached hydrogens (tertiary/aromatic N) is 2. The molecule has 0 atom stereocenters. The summed E-state index contributed by atoms with van der Waals surface area (Å²) in [6.45, 7) is 9.35. The standard InChI is InChI=1S/C20H34N2O3/c1-4-10-22(11-5-2)13-7-6-12-21(3)15-18-9-8-17(16-23)14-19(18)20(24)25/h8-9,14,23H,4-7,10-13,15-16H2,1-3H3,(H,24,25). The number of aliphatic hydroxyl groups excluding tert-OH is 1. The van der Waals surface area contributed by atoms with E-state index in [4.69, 9.17) is 0 Å².